The molecular formula is C16H18BrN3. The Kier molecular flexibility index (Phi) is 3.15. The third-order valence-corrected chi connectivity index (χ3v) is 4.98. The van der Waals surface area contributed by atoms with Gasteiger partial charge in [-0.1, -0.05) is 15.9 Å². The van der Waals surface area contributed by atoms with Crippen LogP contribution in [0.5, 0.6) is 0 Å². The number of benzene rings is 1. The lowest BCUT2D eigenvalue weighted by atomic mass is 9.95. The number of halogens is 1. The maximum atomic E-state index is 4.39. The Morgan fingerprint density at radius 3 is 3.10 bits per heavy atom. The van der Waals surface area contributed by atoms with Crippen LogP contribution in [0.1, 0.15) is 18.4 Å². The highest BCUT2D eigenvalue weighted by atomic mass is 79.9. The van der Waals surface area contributed by atoms with Crippen LogP contribution < -0.4 is 10.2 Å². The van der Waals surface area contributed by atoms with Crippen LogP contribution in [0.3, 0.4) is 0 Å². The molecule has 0 saturated carbocycles. The Morgan fingerprint density at radius 2 is 2.25 bits per heavy atom. The van der Waals surface area contributed by atoms with E-state index < -0.39 is 0 Å². The molecule has 1 atom stereocenters. The molecule has 20 heavy (non-hydrogen) atoms. The van der Waals surface area contributed by atoms with Gasteiger partial charge < -0.3 is 10.2 Å². The number of pyridine rings is 1. The zero-order valence-corrected chi connectivity index (χ0v) is 13.0. The Hall–Kier alpha value is -1.13. The first-order valence-corrected chi connectivity index (χ1v) is 8.16. The lowest BCUT2D eigenvalue weighted by molar-refractivity contribution is 0.431. The highest BCUT2D eigenvalue weighted by molar-refractivity contribution is 9.10. The molecule has 0 amide bonds. The fraction of sp³-hybridized carbons (Fsp3) is 0.438. The smallest absolute Gasteiger partial charge is 0.0464 e. The van der Waals surface area contributed by atoms with Crippen LogP contribution in [-0.2, 0) is 6.42 Å². The topological polar surface area (TPSA) is 28.2 Å². The number of hydrogen-bond donors (Lipinski definition) is 1. The number of piperidine rings is 1. The van der Waals surface area contributed by atoms with Crippen molar-refractivity contribution < 1.29 is 0 Å². The Morgan fingerprint density at radius 1 is 1.30 bits per heavy atom. The predicted octanol–water partition coefficient (Wildman–Crippen LogP) is 3.11. The molecule has 2 aromatic rings. The molecule has 0 aliphatic carbocycles. The van der Waals surface area contributed by atoms with E-state index in [1.54, 1.807) is 0 Å². The molecule has 1 unspecified atom stereocenters. The van der Waals surface area contributed by atoms with Crippen molar-refractivity contribution in [2.24, 2.45) is 0 Å². The Labute approximate surface area is 127 Å². The molecule has 2 aliphatic rings. The van der Waals surface area contributed by atoms with Gasteiger partial charge in [-0.3, -0.25) is 4.98 Å². The molecule has 0 spiro atoms. The average molecular weight is 332 g/mol. The van der Waals surface area contributed by atoms with Gasteiger partial charge in [0.1, 0.15) is 0 Å². The van der Waals surface area contributed by atoms with E-state index in [0.717, 1.165) is 24.0 Å². The van der Waals surface area contributed by atoms with Gasteiger partial charge >= 0.3 is 0 Å². The normalized spacial score (nSPS) is 22.2. The van der Waals surface area contributed by atoms with Gasteiger partial charge in [0, 0.05) is 52.5 Å². The summed E-state index contributed by atoms with van der Waals surface area (Å²) in [4.78, 5) is 6.99. The van der Waals surface area contributed by atoms with Crippen LogP contribution in [0, 0.1) is 0 Å². The maximum absolute atomic E-state index is 4.39. The zero-order valence-electron chi connectivity index (χ0n) is 11.4. The molecule has 0 bridgehead atoms. The van der Waals surface area contributed by atoms with Crippen LogP contribution >= 0.6 is 15.9 Å². The summed E-state index contributed by atoms with van der Waals surface area (Å²) in [5, 5.41) is 6.19. The van der Waals surface area contributed by atoms with Gasteiger partial charge in [0.25, 0.3) is 0 Å². The number of nitrogens with zero attached hydrogens (tertiary/aromatic N) is 2. The third-order valence-electron chi connectivity index (χ3n) is 4.52. The average Bonchev–Trinajstić information content (AvgIpc) is 2.48. The molecule has 0 radical (unpaired) electrons. The van der Waals surface area contributed by atoms with Gasteiger partial charge in [-0.2, -0.15) is 0 Å². The molecule has 3 nitrogen and oxygen atoms in total. The second-order valence-electron chi connectivity index (χ2n) is 5.77. The first-order valence-electron chi connectivity index (χ1n) is 7.36. The summed E-state index contributed by atoms with van der Waals surface area (Å²) in [6, 6.07) is 5.08. The molecule has 4 rings (SSSR count). The van der Waals surface area contributed by atoms with Gasteiger partial charge in [-0.05, 0) is 43.5 Å². The van der Waals surface area contributed by atoms with E-state index in [2.05, 4.69) is 43.3 Å². The van der Waals surface area contributed by atoms with Crippen molar-refractivity contribution in [1.29, 1.82) is 0 Å². The van der Waals surface area contributed by atoms with E-state index >= 15 is 0 Å². The first-order chi connectivity index (χ1) is 9.83. The fourth-order valence-corrected chi connectivity index (χ4v) is 4.06. The Balaban J connectivity index is 1.86. The summed E-state index contributed by atoms with van der Waals surface area (Å²) in [5.74, 6) is 0. The van der Waals surface area contributed by atoms with E-state index in [0.29, 0.717) is 6.04 Å². The molecule has 1 aromatic carbocycles. The van der Waals surface area contributed by atoms with Crippen LogP contribution in [-0.4, -0.2) is 30.7 Å². The van der Waals surface area contributed by atoms with Crippen molar-refractivity contribution in [3.05, 3.63) is 34.6 Å². The molecule has 1 saturated heterocycles. The molecular weight excluding hydrogens is 314 g/mol. The third kappa shape index (κ3) is 2.02. The Bertz CT molecular complexity index is 649. The summed E-state index contributed by atoms with van der Waals surface area (Å²) in [6.45, 7) is 3.38. The van der Waals surface area contributed by atoms with Crippen molar-refractivity contribution in [2.75, 3.05) is 24.5 Å². The molecule has 3 heterocycles. The van der Waals surface area contributed by atoms with Crippen LogP contribution in [0.4, 0.5) is 5.69 Å². The molecule has 1 fully saturated rings. The molecule has 4 heteroatoms. The quantitative estimate of drug-likeness (QED) is 0.870. The lowest BCUT2D eigenvalue weighted by Gasteiger charge is -2.39. The molecule has 104 valence electrons. The predicted molar refractivity (Wildman–Crippen MR) is 86.4 cm³/mol. The monoisotopic (exact) mass is 331 g/mol. The van der Waals surface area contributed by atoms with Gasteiger partial charge in [0.05, 0.1) is 0 Å². The number of nitrogens with one attached hydrogen (secondary N) is 1. The number of rotatable bonds is 1. The van der Waals surface area contributed by atoms with Gasteiger partial charge in [0.2, 0.25) is 0 Å². The fourth-order valence-electron chi connectivity index (χ4n) is 3.59. The van der Waals surface area contributed by atoms with E-state index in [4.69, 9.17) is 0 Å². The van der Waals surface area contributed by atoms with E-state index in [9.17, 15) is 0 Å². The molecule has 1 N–H and O–H groups in total. The first kappa shape index (κ1) is 12.6. The number of aromatic nitrogens is 1. The molecule has 2 aliphatic heterocycles. The SMILES string of the molecule is Brc1cc2c3c(cncc3c1)CCN2C1CCCNC1. The summed E-state index contributed by atoms with van der Waals surface area (Å²) >= 11 is 3.65. The van der Waals surface area contributed by atoms with Gasteiger partial charge in [0.15, 0.2) is 0 Å². The van der Waals surface area contributed by atoms with Crippen molar-refractivity contribution in [1.82, 2.24) is 10.3 Å². The number of anilines is 1. The summed E-state index contributed by atoms with van der Waals surface area (Å²) < 4.78 is 1.15. The van der Waals surface area contributed by atoms with Crippen molar-refractivity contribution in [3.63, 3.8) is 0 Å². The van der Waals surface area contributed by atoms with Crippen molar-refractivity contribution in [2.45, 2.75) is 25.3 Å². The second-order valence-corrected chi connectivity index (χ2v) is 6.68. The highest BCUT2D eigenvalue weighted by Gasteiger charge is 2.26. The molecule has 1 aromatic heterocycles. The zero-order chi connectivity index (χ0) is 13.5. The summed E-state index contributed by atoms with van der Waals surface area (Å²) in [6.07, 6.45) is 7.70. The van der Waals surface area contributed by atoms with Crippen molar-refractivity contribution >= 4 is 32.4 Å². The van der Waals surface area contributed by atoms with Crippen molar-refractivity contribution in [3.8, 4) is 0 Å². The van der Waals surface area contributed by atoms with Crippen LogP contribution in [0.25, 0.3) is 10.8 Å². The maximum Gasteiger partial charge on any atom is 0.0464 e. The van der Waals surface area contributed by atoms with Gasteiger partial charge in [-0.15, -0.1) is 0 Å². The van der Waals surface area contributed by atoms with E-state index in [1.807, 2.05) is 12.4 Å². The number of hydrogen-bond acceptors (Lipinski definition) is 3. The minimum Gasteiger partial charge on any atom is -0.366 e. The van der Waals surface area contributed by atoms with Gasteiger partial charge in [-0.25, -0.2) is 0 Å². The van der Waals surface area contributed by atoms with E-state index in [1.165, 1.54) is 41.4 Å². The summed E-state index contributed by atoms with van der Waals surface area (Å²) in [7, 11) is 0. The standard InChI is InChI=1S/C16H18BrN3/c17-13-6-12-9-19-8-11-3-5-20(15(7-13)16(11)12)14-2-1-4-18-10-14/h6-9,14,18H,1-5,10H2. The lowest BCUT2D eigenvalue weighted by Crippen LogP contribution is -2.48. The van der Waals surface area contributed by atoms with E-state index in [-0.39, 0.29) is 0 Å². The largest absolute Gasteiger partial charge is 0.366 e. The minimum atomic E-state index is 0.627. The van der Waals surface area contributed by atoms with Crippen LogP contribution in [0.15, 0.2) is 29.0 Å². The summed E-state index contributed by atoms with van der Waals surface area (Å²) in [5.41, 5.74) is 2.77. The van der Waals surface area contributed by atoms with Crippen LogP contribution in [0.2, 0.25) is 0 Å². The minimum absolute atomic E-state index is 0.627. The highest BCUT2D eigenvalue weighted by Crippen LogP contribution is 2.37. The second kappa shape index (κ2) is 5.01.